The number of benzene rings is 3. The predicted molar refractivity (Wildman–Crippen MR) is 127 cm³/mol. The third-order valence-electron chi connectivity index (χ3n) is 6.38. The van der Waals surface area contributed by atoms with Gasteiger partial charge in [0.2, 0.25) is 0 Å². The van der Waals surface area contributed by atoms with E-state index < -0.39 is 0 Å². The van der Waals surface area contributed by atoms with Crippen molar-refractivity contribution in [1.29, 1.82) is 0 Å². The van der Waals surface area contributed by atoms with E-state index in [1.165, 1.54) is 34.4 Å². The zero-order chi connectivity index (χ0) is 22.9. The van der Waals surface area contributed by atoms with Crippen LogP contribution in [0.3, 0.4) is 0 Å². The van der Waals surface area contributed by atoms with Gasteiger partial charge in [-0.25, -0.2) is 4.39 Å². The zero-order valence-electron chi connectivity index (χ0n) is 18.6. The fraction of sp³-hybridized carbons (Fsp3) is 0.259. The van der Waals surface area contributed by atoms with Crippen molar-refractivity contribution in [3.05, 3.63) is 82.2 Å². The number of nitrogens with zero attached hydrogens (tertiary/aromatic N) is 1. The van der Waals surface area contributed by atoms with Gasteiger partial charge in [0.15, 0.2) is 11.5 Å². The van der Waals surface area contributed by atoms with Crippen molar-refractivity contribution in [2.45, 2.75) is 30.3 Å². The fourth-order valence-corrected chi connectivity index (χ4v) is 5.35. The van der Waals surface area contributed by atoms with E-state index in [-0.39, 0.29) is 11.9 Å². The molecule has 4 nitrogen and oxygen atoms in total. The van der Waals surface area contributed by atoms with Crippen LogP contribution in [0.2, 0.25) is 0 Å². The van der Waals surface area contributed by atoms with Crippen LogP contribution in [0.5, 0.6) is 17.2 Å². The summed E-state index contributed by atoms with van der Waals surface area (Å²) in [6.07, 6.45) is 7.56. The van der Waals surface area contributed by atoms with Crippen molar-refractivity contribution in [2.75, 3.05) is 20.8 Å². The van der Waals surface area contributed by atoms with Gasteiger partial charge in [0.1, 0.15) is 11.6 Å². The summed E-state index contributed by atoms with van der Waals surface area (Å²) in [5.41, 5.74) is 5.81. The Labute approximate surface area is 197 Å². The maximum atomic E-state index is 13.5. The van der Waals surface area contributed by atoms with Crippen LogP contribution < -0.4 is 13.7 Å². The number of methoxy groups -OCH3 is 2. The highest BCUT2D eigenvalue weighted by molar-refractivity contribution is 7.95. The molecule has 0 amide bonds. The first-order chi connectivity index (χ1) is 16.1. The van der Waals surface area contributed by atoms with Crippen LogP contribution in [0.1, 0.15) is 33.9 Å². The van der Waals surface area contributed by atoms with Crippen molar-refractivity contribution in [3.63, 3.8) is 0 Å². The monoisotopic (exact) mass is 461 g/mol. The third kappa shape index (κ3) is 4.15. The van der Waals surface area contributed by atoms with Crippen LogP contribution in [-0.4, -0.2) is 25.7 Å². The lowest BCUT2D eigenvalue weighted by molar-refractivity contribution is 0.160. The Bertz CT molecular complexity index is 1250. The molecule has 0 aliphatic carbocycles. The number of hydrogen-bond acceptors (Lipinski definition) is 5. The molecular weight excluding hydrogens is 437 g/mol. The lowest BCUT2D eigenvalue weighted by Gasteiger charge is -2.41. The molecular formula is C27H24FNO3S. The van der Waals surface area contributed by atoms with Gasteiger partial charge in [0, 0.05) is 19.1 Å². The first-order valence-electron chi connectivity index (χ1n) is 10.8. The van der Waals surface area contributed by atoms with E-state index in [4.69, 9.17) is 20.1 Å². The standard InChI is InChI=1S/C27H24FNO3S/c1-4-17-10-23-18(12-25(17)30-2)8-9-29-16-20-14-26(31-3)27(13-19(20)11-24(23)29)32-33-22-7-5-6-21(28)15-22/h1,5-7,10,12-15,24H,8-9,11,16H2,2-3H3. The molecule has 0 fully saturated rings. The molecule has 0 radical (unpaired) electrons. The van der Waals surface area contributed by atoms with Gasteiger partial charge in [0.05, 0.1) is 36.7 Å². The van der Waals surface area contributed by atoms with E-state index in [9.17, 15) is 4.39 Å². The molecule has 1 unspecified atom stereocenters. The maximum Gasteiger partial charge on any atom is 0.179 e. The topological polar surface area (TPSA) is 30.9 Å². The van der Waals surface area contributed by atoms with Crippen LogP contribution in [0.15, 0.2) is 53.4 Å². The Hall–Kier alpha value is -3.14. The molecule has 0 aromatic heterocycles. The fourth-order valence-electron chi connectivity index (χ4n) is 4.74. The number of rotatable bonds is 5. The van der Waals surface area contributed by atoms with Crippen molar-refractivity contribution in [3.8, 4) is 29.6 Å². The summed E-state index contributed by atoms with van der Waals surface area (Å²) in [7, 11) is 3.30. The summed E-state index contributed by atoms with van der Waals surface area (Å²) < 4.78 is 30.6. The summed E-state index contributed by atoms with van der Waals surface area (Å²) in [4.78, 5) is 3.19. The lowest BCUT2D eigenvalue weighted by atomic mass is 9.83. The smallest absolute Gasteiger partial charge is 0.179 e. The molecule has 6 heteroatoms. The molecule has 2 heterocycles. The Balaban J connectivity index is 1.45. The van der Waals surface area contributed by atoms with Gasteiger partial charge in [-0.2, -0.15) is 0 Å². The minimum atomic E-state index is -0.292. The first-order valence-corrected chi connectivity index (χ1v) is 11.5. The van der Waals surface area contributed by atoms with Crippen molar-refractivity contribution in [1.82, 2.24) is 4.90 Å². The van der Waals surface area contributed by atoms with Gasteiger partial charge in [-0.15, -0.1) is 6.42 Å². The minimum Gasteiger partial charge on any atom is -0.495 e. The molecule has 0 saturated heterocycles. The predicted octanol–water partition coefficient (Wildman–Crippen LogP) is 5.57. The normalized spacial score (nSPS) is 16.7. The molecule has 0 N–H and O–H groups in total. The van der Waals surface area contributed by atoms with Gasteiger partial charge in [-0.3, -0.25) is 4.90 Å². The Morgan fingerprint density at radius 3 is 2.55 bits per heavy atom. The van der Waals surface area contributed by atoms with Crippen LogP contribution in [-0.2, 0) is 19.4 Å². The molecule has 2 aliphatic rings. The highest BCUT2D eigenvalue weighted by Crippen LogP contribution is 2.43. The van der Waals surface area contributed by atoms with Gasteiger partial charge >= 0.3 is 0 Å². The van der Waals surface area contributed by atoms with Gasteiger partial charge < -0.3 is 13.7 Å². The van der Waals surface area contributed by atoms with Crippen molar-refractivity contribution < 1.29 is 18.0 Å². The molecule has 0 bridgehead atoms. The number of fused-ring (bicyclic) bond motifs is 4. The first kappa shape index (κ1) is 21.7. The van der Waals surface area contributed by atoms with E-state index in [2.05, 4.69) is 35.1 Å². The van der Waals surface area contributed by atoms with E-state index >= 15 is 0 Å². The third-order valence-corrected chi connectivity index (χ3v) is 7.09. The Morgan fingerprint density at radius 1 is 1.00 bits per heavy atom. The maximum absolute atomic E-state index is 13.5. The largest absolute Gasteiger partial charge is 0.495 e. The number of halogens is 1. The molecule has 1 atom stereocenters. The summed E-state index contributed by atoms with van der Waals surface area (Å²) >= 11 is 1.12. The Morgan fingerprint density at radius 2 is 1.79 bits per heavy atom. The average molecular weight is 462 g/mol. The van der Waals surface area contributed by atoms with Crippen LogP contribution >= 0.6 is 12.0 Å². The second-order valence-corrected chi connectivity index (χ2v) is 9.04. The summed E-state index contributed by atoms with van der Waals surface area (Å²) in [5, 5.41) is 0. The number of hydrogen-bond donors (Lipinski definition) is 0. The second-order valence-electron chi connectivity index (χ2n) is 8.23. The molecule has 3 aromatic rings. The van der Waals surface area contributed by atoms with Gasteiger partial charge in [-0.1, -0.05) is 12.0 Å². The molecule has 5 rings (SSSR count). The van der Waals surface area contributed by atoms with E-state index in [0.717, 1.165) is 49.3 Å². The van der Waals surface area contributed by atoms with Crippen molar-refractivity contribution in [2.24, 2.45) is 0 Å². The van der Waals surface area contributed by atoms with Gasteiger partial charge in [-0.05, 0) is 77.6 Å². The molecule has 33 heavy (non-hydrogen) atoms. The average Bonchev–Trinajstić information content (AvgIpc) is 2.84. The van der Waals surface area contributed by atoms with E-state index in [1.54, 1.807) is 20.3 Å². The summed E-state index contributed by atoms with van der Waals surface area (Å²) in [5.74, 6) is 4.54. The Kier molecular flexibility index (Phi) is 5.92. The van der Waals surface area contributed by atoms with Crippen LogP contribution in [0, 0.1) is 18.2 Å². The summed E-state index contributed by atoms with van der Waals surface area (Å²) in [6.45, 7) is 1.82. The van der Waals surface area contributed by atoms with Gasteiger partial charge in [0.25, 0.3) is 0 Å². The number of ether oxygens (including phenoxy) is 2. The molecule has 2 aliphatic heterocycles. The SMILES string of the molecule is C#Cc1cc2c(cc1OC)CCN1Cc3cc(OC)c(OSc4cccc(F)c4)cc3CC21. The highest BCUT2D eigenvalue weighted by atomic mass is 32.2. The lowest BCUT2D eigenvalue weighted by Crippen LogP contribution is -2.39. The highest BCUT2D eigenvalue weighted by Gasteiger charge is 2.33. The quantitative estimate of drug-likeness (QED) is 0.367. The minimum absolute atomic E-state index is 0.247. The zero-order valence-corrected chi connectivity index (χ0v) is 19.4. The summed E-state index contributed by atoms with van der Waals surface area (Å²) in [6, 6.07) is 14.9. The van der Waals surface area contributed by atoms with E-state index in [0.29, 0.717) is 16.4 Å². The molecule has 0 saturated carbocycles. The van der Waals surface area contributed by atoms with Crippen LogP contribution in [0.25, 0.3) is 0 Å². The molecule has 0 spiro atoms. The molecule has 168 valence electrons. The second kappa shape index (κ2) is 9.01. The number of terminal acetylenes is 1. The van der Waals surface area contributed by atoms with E-state index in [1.807, 2.05) is 6.07 Å². The van der Waals surface area contributed by atoms with Crippen molar-refractivity contribution >= 4 is 12.0 Å². The van der Waals surface area contributed by atoms with Crippen LogP contribution in [0.4, 0.5) is 4.39 Å². The molecule has 3 aromatic carbocycles.